The summed E-state index contributed by atoms with van der Waals surface area (Å²) in [7, 11) is 0. The maximum atomic E-state index is 12.9. The Balaban J connectivity index is 1.94. The third-order valence-electron chi connectivity index (χ3n) is 4.80. The number of hydrogen-bond acceptors (Lipinski definition) is 4. The van der Waals surface area contributed by atoms with Gasteiger partial charge in [-0.1, -0.05) is 49.3 Å². The lowest BCUT2D eigenvalue weighted by Crippen LogP contribution is -2.33. The molecule has 0 spiro atoms. The van der Waals surface area contributed by atoms with E-state index in [1.54, 1.807) is 0 Å². The molecule has 2 aliphatic rings. The third kappa shape index (κ3) is 2.21. The lowest BCUT2D eigenvalue weighted by Gasteiger charge is -2.37. The highest BCUT2D eigenvalue weighted by molar-refractivity contribution is 6.01. The van der Waals surface area contributed by atoms with E-state index >= 15 is 0 Å². The minimum atomic E-state index is -0.0858. The molecule has 0 bridgehead atoms. The summed E-state index contributed by atoms with van der Waals surface area (Å²) in [4.78, 5) is 12.9. The molecule has 1 aromatic heterocycles. The van der Waals surface area contributed by atoms with Gasteiger partial charge in [0.15, 0.2) is 5.78 Å². The Kier molecular flexibility index (Phi) is 2.98. The van der Waals surface area contributed by atoms with Crippen LogP contribution in [0.15, 0.2) is 46.1 Å². The number of allylic oxidation sites excluding steroid dienone is 2. The van der Waals surface area contributed by atoms with Gasteiger partial charge in [-0.25, -0.2) is 0 Å². The van der Waals surface area contributed by atoms with Crippen LogP contribution in [0.1, 0.15) is 49.4 Å². The van der Waals surface area contributed by atoms with Crippen LogP contribution in [0.25, 0.3) is 0 Å². The van der Waals surface area contributed by atoms with Crippen molar-refractivity contribution in [3.8, 4) is 0 Å². The van der Waals surface area contributed by atoms with Gasteiger partial charge in [-0.3, -0.25) is 4.79 Å². The number of fused-ring (bicyclic) bond motifs is 1. The first-order valence-corrected chi connectivity index (χ1v) is 8.01. The summed E-state index contributed by atoms with van der Waals surface area (Å²) in [6.07, 6.45) is 1.42. The number of carbonyl (C=O) groups is 1. The standard InChI is InChI=1S/C19H20N2O2/c1-11-15-16(12-7-5-4-6-8-12)17-13(20-18(15)23-21-11)9-19(2,3)10-14(17)22/h4-8,16,20H,9-10H2,1-3H3/t16-/m0/s1. The monoisotopic (exact) mass is 308 g/mol. The fraction of sp³-hybridized carbons (Fsp3) is 0.368. The summed E-state index contributed by atoms with van der Waals surface area (Å²) < 4.78 is 5.48. The summed E-state index contributed by atoms with van der Waals surface area (Å²) >= 11 is 0. The first-order chi connectivity index (χ1) is 11.0. The maximum absolute atomic E-state index is 12.9. The van der Waals surface area contributed by atoms with Gasteiger partial charge in [0.1, 0.15) is 0 Å². The highest BCUT2D eigenvalue weighted by Gasteiger charge is 2.42. The van der Waals surface area contributed by atoms with E-state index in [0.29, 0.717) is 12.3 Å². The van der Waals surface area contributed by atoms with E-state index < -0.39 is 0 Å². The van der Waals surface area contributed by atoms with E-state index in [1.165, 1.54) is 0 Å². The van der Waals surface area contributed by atoms with E-state index in [9.17, 15) is 4.79 Å². The fourth-order valence-corrected chi connectivity index (χ4v) is 3.85. The van der Waals surface area contributed by atoms with E-state index in [4.69, 9.17) is 4.52 Å². The molecule has 0 unspecified atom stereocenters. The van der Waals surface area contributed by atoms with Crippen molar-refractivity contribution in [2.24, 2.45) is 5.41 Å². The average molecular weight is 308 g/mol. The van der Waals surface area contributed by atoms with Crippen LogP contribution in [0, 0.1) is 12.3 Å². The van der Waals surface area contributed by atoms with Crippen molar-refractivity contribution < 1.29 is 9.32 Å². The summed E-state index contributed by atoms with van der Waals surface area (Å²) in [5.74, 6) is 0.821. The molecule has 2 heterocycles. The van der Waals surface area contributed by atoms with Crippen molar-refractivity contribution in [3.63, 3.8) is 0 Å². The molecular formula is C19H20N2O2. The van der Waals surface area contributed by atoms with Crippen LogP contribution in [0.5, 0.6) is 0 Å². The van der Waals surface area contributed by atoms with Crippen molar-refractivity contribution in [1.29, 1.82) is 0 Å². The van der Waals surface area contributed by atoms with Crippen LogP contribution in [0.4, 0.5) is 5.88 Å². The van der Waals surface area contributed by atoms with Crippen molar-refractivity contribution in [2.75, 3.05) is 5.32 Å². The second-order valence-corrected chi connectivity index (χ2v) is 7.31. The van der Waals surface area contributed by atoms with Crippen LogP contribution in [-0.2, 0) is 4.79 Å². The lowest BCUT2D eigenvalue weighted by atomic mass is 9.69. The van der Waals surface area contributed by atoms with E-state index in [0.717, 1.165) is 34.5 Å². The Morgan fingerprint density at radius 1 is 1.22 bits per heavy atom. The van der Waals surface area contributed by atoms with Gasteiger partial charge in [0, 0.05) is 23.6 Å². The quantitative estimate of drug-likeness (QED) is 0.858. The van der Waals surface area contributed by atoms with Crippen molar-refractivity contribution >= 4 is 11.7 Å². The molecule has 1 aliphatic heterocycles. The number of benzene rings is 1. The predicted molar refractivity (Wildman–Crippen MR) is 88.2 cm³/mol. The fourth-order valence-electron chi connectivity index (χ4n) is 3.85. The maximum Gasteiger partial charge on any atom is 0.233 e. The van der Waals surface area contributed by atoms with Gasteiger partial charge in [0.05, 0.1) is 11.3 Å². The number of Topliss-reactive ketones (excluding diaryl/α,β-unsaturated/α-hetero) is 1. The highest BCUT2D eigenvalue weighted by atomic mass is 16.5. The Labute approximate surface area is 135 Å². The number of carbonyl (C=O) groups excluding carboxylic acids is 1. The molecule has 0 radical (unpaired) electrons. The van der Waals surface area contributed by atoms with Crippen LogP contribution in [-0.4, -0.2) is 10.9 Å². The lowest BCUT2D eigenvalue weighted by molar-refractivity contribution is -0.118. The molecule has 118 valence electrons. The molecule has 2 aromatic rings. The molecule has 23 heavy (non-hydrogen) atoms. The summed E-state index contributed by atoms with van der Waals surface area (Å²) in [6.45, 7) is 6.20. The number of aromatic nitrogens is 1. The molecule has 1 aromatic carbocycles. The topological polar surface area (TPSA) is 55.1 Å². The Bertz CT molecular complexity index is 815. The molecule has 4 nitrogen and oxygen atoms in total. The van der Waals surface area contributed by atoms with Gasteiger partial charge in [-0.15, -0.1) is 0 Å². The number of nitrogens with one attached hydrogen (secondary N) is 1. The van der Waals surface area contributed by atoms with Crippen molar-refractivity contribution in [1.82, 2.24) is 5.16 Å². The summed E-state index contributed by atoms with van der Waals surface area (Å²) in [6, 6.07) is 10.2. The first kappa shape index (κ1) is 14.2. The third-order valence-corrected chi connectivity index (χ3v) is 4.80. The minimum Gasteiger partial charge on any atom is -0.338 e. The second kappa shape index (κ2) is 4.82. The zero-order chi connectivity index (χ0) is 16.2. The Morgan fingerprint density at radius 3 is 2.70 bits per heavy atom. The second-order valence-electron chi connectivity index (χ2n) is 7.31. The van der Waals surface area contributed by atoms with E-state index in [-0.39, 0.29) is 17.1 Å². The number of anilines is 1. The molecule has 0 saturated heterocycles. The van der Waals surface area contributed by atoms with Gasteiger partial charge in [-0.05, 0) is 24.3 Å². The molecule has 1 aliphatic carbocycles. The van der Waals surface area contributed by atoms with Gasteiger partial charge in [-0.2, -0.15) is 0 Å². The minimum absolute atomic E-state index is 0.0310. The van der Waals surface area contributed by atoms with Gasteiger partial charge in [0.2, 0.25) is 5.88 Å². The molecule has 4 heteroatoms. The van der Waals surface area contributed by atoms with Gasteiger partial charge < -0.3 is 9.84 Å². The molecule has 1 atom stereocenters. The smallest absolute Gasteiger partial charge is 0.233 e. The van der Waals surface area contributed by atoms with E-state index in [1.807, 2.05) is 25.1 Å². The number of ketones is 1. The predicted octanol–water partition coefficient (Wildman–Crippen LogP) is 4.18. The molecule has 0 saturated carbocycles. The molecular weight excluding hydrogens is 288 g/mol. The molecule has 0 amide bonds. The number of nitrogens with zero attached hydrogens (tertiary/aromatic N) is 1. The Hall–Kier alpha value is -2.36. The summed E-state index contributed by atoms with van der Waals surface area (Å²) in [5.41, 5.74) is 4.78. The van der Waals surface area contributed by atoms with Crippen LogP contribution >= 0.6 is 0 Å². The average Bonchev–Trinajstić information content (AvgIpc) is 2.86. The van der Waals surface area contributed by atoms with Crippen molar-refractivity contribution in [2.45, 2.75) is 39.5 Å². The van der Waals surface area contributed by atoms with E-state index in [2.05, 4.69) is 36.5 Å². The van der Waals surface area contributed by atoms with Gasteiger partial charge in [0.25, 0.3) is 0 Å². The summed E-state index contributed by atoms with van der Waals surface area (Å²) in [5, 5.41) is 7.45. The largest absolute Gasteiger partial charge is 0.338 e. The van der Waals surface area contributed by atoms with Crippen LogP contribution in [0.2, 0.25) is 0 Å². The van der Waals surface area contributed by atoms with Crippen LogP contribution < -0.4 is 5.32 Å². The van der Waals surface area contributed by atoms with Gasteiger partial charge >= 0.3 is 0 Å². The normalized spacial score (nSPS) is 22.4. The molecule has 0 fully saturated rings. The van der Waals surface area contributed by atoms with Crippen molar-refractivity contribution in [3.05, 3.63) is 58.4 Å². The zero-order valence-electron chi connectivity index (χ0n) is 13.6. The number of rotatable bonds is 1. The number of hydrogen-bond donors (Lipinski definition) is 1. The Morgan fingerprint density at radius 2 is 1.96 bits per heavy atom. The zero-order valence-corrected chi connectivity index (χ0v) is 13.6. The molecule has 1 N–H and O–H groups in total. The molecule has 4 rings (SSSR count). The number of aryl methyl sites for hydroxylation is 1. The SMILES string of the molecule is Cc1noc2c1[C@H](c1ccccc1)C1=C(CC(C)(C)CC1=O)N2. The highest BCUT2D eigenvalue weighted by Crippen LogP contribution is 2.49. The first-order valence-electron chi connectivity index (χ1n) is 8.01. The van der Waals surface area contributed by atoms with Crippen LogP contribution in [0.3, 0.4) is 0 Å².